The third kappa shape index (κ3) is 3.50. The monoisotopic (exact) mass is 470 g/mol. The number of pyridine rings is 1. The maximum atomic E-state index is 13.3. The van der Waals surface area contributed by atoms with Gasteiger partial charge in [0.05, 0.1) is 34.2 Å². The van der Waals surface area contributed by atoms with Crippen molar-refractivity contribution in [1.29, 1.82) is 0 Å². The lowest BCUT2D eigenvalue weighted by Gasteiger charge is -2.13. The number of anilines is 1. The van der Waals surface area contributed by atoms with Gasteiger partial charge in [-0.2, -0.15) is 5.10 Å². The first-order valence-corrected chi connectivity index (χ1v) is 11.1. The van der Waals surface area contributed by atoms with Crippen LogP contribution in [0.3, 0.4) is 0 Å². The number of aromatic amines is 1. The van der Waals surface area contributed by atoms with Gasteiger partial charge in [0.25, 0.3) is 11.5 Å². The summed E-state index contributed by atoms with van der Waals surface area (Å²) in [5.74, 6) is -0.317. The number of benzene rings is 2. The predicted molar refractivity (Wildman–Crippen MR) is 135 cm³/mol. The lowest BCUT2D eigenvalue weighted by Crippen LogP contribution is -2.22. The molecule has 1 amide bonds. The SMILES string of the molecule is Cc1cccc(-n2c(=S)[nH]c3cc(C(=O)Nc4cnc5c(c4)c(C)nn5C)ccc3c2=O)c1C. The number of carbonyl (C=O) groups is 1. The van der Waals surface area contributed by atoms with Crippen molar-refractivity contribution in [1.82, 2.24) is 24.3 Å². The molecule has 0 aliphatic heterocycles. The summed E-state index contributed by atoms with van der Waals surface area (Å²) in [7, 11) is 1.83. The Kier molecular flexibility index (Phi) is 5.13. The summed E-state index contributed by atoms with van der Waals surface area (Å²) in [6, 6.07) is 12.5. The molecule has 3 aromatic heterocycles. The van der Waals surface area contributed by atoms with Gasteiger partial charge in [0, 0.05) is 18.0 Å². The Morgan fingerprint density at radius 3 is 2.68 bits per heavy atom. The molecule has 170 valence electrons. The van der Waals surface area contributed by atoms with Gasteiger partial charge in [0.15, 0.2) is 10.4 Å². The quantitative estimate of drug-likeness (QED) is 0.378. The number of aromatic nitrogens is 5. The van der Waals surface area contributed by atoms with Crippen LogP contribution in [0.2, 0.25) is 0 Å². The number of H-pyrrole nitrogens is 1. The maximum absolute atomic E-state index is 13.3. The minimum absolute atomic E-state index is 0.235. The first kappa shape index (κ1) is 21.7. The molecule has 3 heterocycles. The second-order valence-corrected chi connectivity index (χ2v) is 8.70. The normalized spacial score (nSPS) is 11.3. The molecular weight excluding hydrogens is 448 g/mol. The van der Waals surface area contributed by atoms with Gasteiger partial charge in [-0.05, 0) is 74.4 Å². The van der Waals surface area contributed by atoms with Crippen LogP contribution in [0, 0.1) is 25.5 Å². The summed E-state index contributed by atoms with van der Waals surface area (Å²) in [4.78, 5) is 33.8. The molecule has 0 unspecified atom stereocenters. The molecule has 0 aliphatic carbocycles. The van der Waals surface area contributed by atoms with E-state index in [1.54, 1.807) is 29.1 Å². The molecule has 0 spiro atoms. The van der Waals surface area contributed by atoms with Crippen molar-refractivity contribution in [2.24, 2.45) is 7.05 Å². The highest BCUT2D eigenvalue weighted by atomic mass is 32.1. The van der Waals surface area contributed by atoms with E-state index < -0.39 is 0 Å². The molecule has 0 fully saturated rings. The molecule has 34 heavy (non-hydrogen) atoms. The first-order valence-electron chi connectivity index (χ1n) is 10.7. The molecule has 0 atom stereocenters. The van der Waals surface area contributed by atoms with Crippen LogP contribution in [0.1, 0.15) is 27.2 Å². The average Bonchev–Trinajstić information content (AvgIpc) is 3.09. The second kappa shape index (κ2) is 8.03. The van der Waals surface area contributed by atoms with Gasteiger partial charge in [-0.15, -0.1) is 0 Å². The van der Waals surface area contributed by atoms with Crippen LogP contribution in [-0.4, -0.2) is 30.2 Å². The van der Waals surface area contributed by atoms with E-state index in [0.29, 0.717) is 22.2 Å². The van der Waals surface area contributed by atoms with Gasteiger partial charge in [0.1, 0.15) is 0 Å². The van der Waals surface area contributed by atoms with E-state index >= 15 is 0 Å². The molecule has 5 rings (SSSR count). The number of hydrogen-bond acceptors (Lipinski definition) is 5. The predicted octanol–water partition coefficient (Wildman–Crippen LogP) is 4.51. The first-order chi connectivity index (χ1) is 16.2. The lowest BCUT2D eigenvalue weighted by molar-refractivity contribution is 0.102. The fraction of sp³-hybridized carbons (Fsp3) is 0.160. The fourth-order valence-electron chi connectivity index (χ4n) is 4.14. The summed E-state index contributed by atoms with van der Waals surface area (Å²) in [6.07, 6.45) is 1.60. The van der Waals surface area contributed by atoms with Crippen LogP contribution in [0.15, 0.2) is 53.5 Å². The highest BCUT2D eigenvalue weighted by Gasteiger charge is 2.14. The number of carbonyl (C=O) groups excluding carboxylic acids is 1. The third-order valence-corrected chi connectivity index (χ3v) is 6.38. The number of rotatable bonds is 3. The van der Waals surface area contributed by atoms with Gasteiger partial charge >= 0.3 is 0 Å². The van der Waals surface area contributed by atoms with Crippen molar-refractivity contribution in [3.05, 3.63) is 86.2 Å². The molecule has 0 aliphatic rings. The van der Waals surface area contributed by atoms with Gasteiger partial charge < -0.3 is 10.3 Å². The van der Waals surface area contributed by atoms with Crippen LogP contribution in [0.5, 0.6) is 0 Å². The molecule has 8 nitrogen and oxygen atoms in total. The van der Waals surface area contributed by atoms with Crippen molar-refractivity contribution in [2.75, 3.05) is 5.32 Å². The highest BCUT2D eigenvalue weighted by Crippen LogP contribution is 2.21. The lowest BCUT2D eigenvalue weighted by atomic mass is 10.1. The molecule has 2 N–H and O–H groups in total. The summed E-state index contributed by atoms with van der Waals surface area (Å²) < 4.78 is 3.47. The topological polar surface area (TPSA) is 97.6 Å². The van der Waals surface area contributed by atoms with Gasteiger partial charge in [-0.25, -0.2) is 4.98 Å². The van der Waals surface area contributed by atoms with E-state index in [1.807, 2.05) is 52.1 Å². The van der Waals surface area contributed by atoms with Gasteiger partial charge in [0.2, 0.25) is 0 Å². The minimum atomic E-state index is -0.317. The van der Waals surface area contributed by atoms with Crippen molar-refractivity contribution < 1.29 is 4.79 Å². The number of nitrogens with one attached hydrogen (secondary N) is 2. The van der Waals surface area contributed by atoms with Crippen LogP contribution >= 0.6 is 12.2 Å². The van der Waals surface area contributed by atoms with Crippen molar-refractivity contribution in [3.8, 4) is 5.69 Å². The van der Waals surface area contributed by atoms with E-state index in [-0.39, 0.29) is 16.2 Å². The van der Waals surface area contributed by atoms with Crippen molar-refractivity contribution in [3.63, 3.8) is 0 Å². The molecular formula is C25H22N6O2S. The Hall–Kier alpha value is -4.11. The molecule has 2 aromatic carbocycles. The summed E-state index contributed by atoms with van der Waals surface area (Å²) in [6.45, 7) is 5.85. The fourth-order valence-corrected chi connectivity index (χ4v) is 4.43. The molecule has 5 aromatic rings. The van der Waals surface area contributed by atoms with E-state index in [0.717, 1.165) is 33.5 Å². The molecule has 0 bridgehead atoms. The van der Waals surface area contributed by atoms with Crippen molar-refractivity contribution >= 4 is 45.7 Å². The Balaban J connectivity index is 1.53. The number of amides is 1. The molecule has 0 saturated heterocycles. The summed E-state index contributed by atoms with van der Waals surface area (Å²) in [5, 5.41) is 8.54. The zero-order valence-electron chi connectivity index (χ0n) is 19.1. The Morgan fingerprint density at radius 1 is 1.09 bits per heavy atom. The van der Waals surface area contributed by atoms with Crippen LogP contribution in [0.25, 0.3) is 27.6 Å². The minimum Gasteiger partial charge on any atom is -0.331 e. The number of nitrogens with zero attached hydrogens (tertiary/aromatic N) is 4. The van der Waals surface area contributed by atoms with Crippen LogP contribution in [-0.2, 0) is 7.05 Å². The standard InChI is InChI=1S/C25H22N6O2S/c1-13-6-5-7-21(14(13)2)31-24(33)18-9-8-16(10-20(18)28-25(31)34)23(32)27-17-11-19-15(3)29-30(4)22(19)26-12-17/h5-12H,1-4H3,(H,27,32)(H,28,34). The number of hydrogen-bond donors (Lipinski definition) is 2. The van der Waals surface area contributed by atoms with Crippen LogP contribution < -0.4 is 10.9 Å². The summed E-state index contributed by atoms with van der Waals surface area (Å²) in [5.41, 5.74) is 5.59. The number of aryl methyl sites for hydroxylation is 3. The van der Waals surface area contributed by atoms with E-state index in [1.165, 1.54) is 4.57 Å². The van der Waals surface area contributed by atoms with Gasteiger partial charge in [-0.3, -0.25) is 18.8 Å². The Labute approximate surface area is 199 Å². The second-order valence-electron chi connectivity index (χ2n) is 8.31. The average molecular weight is 471 g/mol. The zero-order valence-corrected chi connectivity index (χ0v) is 19.9. The highest BCUT2D eigenvalue weighted by molar-refractivity contribution is 7.71. The molecule has 9 heteroatoms. The molecule has 0 radical (unpaired) electrons. The third-order valence-electron chi connectivity index (χ3n) is 6.10. The smallest absolute Gasteiger partial charge is 0.266 e. The van der Waals surface area contributed by atoms with Gasteiger partial charge in [-0.1, -0.05) is 12.1 Å². The van der Waals surface area contributed by atoms with Crippen molar-refractivity contribution in [2.45, 2.75) is 20.8 Å². The molecule has 0 saturated carbocycles. The number of fused-ring (bicyclic) bond motifs is 2. The largest absolute Gasteiger partial charge is 0.331 e. The Bertz CT molecular complexity index is 1750. The van der Waals surface area contributed by atoms with E-state index in [2.05, 4.69) is 20.4 Å². The van der Waals surface area contributed by atoms with E-state index in [4.69, 9.17) is 12.2 Å². The summed E-state index contributed by atoms with van der Waals surface area (Å²) >= 11 is 5.52. The van der Waals surface area contributed by atoms with E-state index in [9.17, 15) is 9.59 Å². The Morgan fingerprint density at radius 2 is 1.88 bits per heavy atom. The van der Waals surface area contributed by atoms with Crippen LogP contribution in [0.4, 0.5) is 5.69 Å². The zero-order chi connectivity index (χ0) is 24.1. The maximum Gasteiger partial charge on any atom is 0.266 e.